The minimum Gasteiger partial charge on any atom is -0.489 e. The fraction of sp³-hybridized carbons (Fsp3) is 0.143. The molecule has 0 radical (unpaired) electrons. The van der Waals surface area contributed by atoms with Gasteiger partial charge in [0, 0.05) is 22.8 Å². The van der Waals surface area contributed by atoms with E-state index in [1.54, 1.807) is 0 Å². The summed E-state index contributed by atoms with van der Waals surface area (Å²) in [5.74, 6) is 0.850. The summed E-state index contributed by atoms with van der Waals surface area (Å²) in [6, 6.07) is 24.2. The lowest BCUT2D eigenvalue weighted by Gasteiger charge is -2.14. The number of rotatable bonds is 6. The molecule has 24 heavy (non-hydrogen) atoms. The maximum atomic E-state index is 6.16. The first-order valence-electron chi connectivity index (χ1n) is 7.96. The predicted octanol–water partition coefficient (Wildman–Crippen LogP) is 5.84. The van der Waals surface area contributed by atoms with E-state index in [-0.39, 0.29) is 0 Å². The van der Waals surface area contributed by atoms with Gasteiger partial charge in [0.05, 0.1) is 0 Å². The molecule has 0 bridgehead atoms. The van der Waals surface area contributed by atoms with Crippen molar-refractivity contribution in [3.05, 3.63) is 94.5 Å². The fourth-order valence-electron chi connectivity index (χ4n) is 2.51. The van der Waals surface area contributed by atoms with Crippen molar-refractivity contribution >= 4 is 17.3 Å². The van der Waals surface area contributed by atoms with Crippen LogP contribution in [0.3, 0.4) is 0 Å². The van der Waals surface area contributed by atoms with Crippen molar-refractivity contribution in [1.82, 2.24) is 0 Å². The van der Waals surface area contributed by atoms with Gasteiger partial charge >= 0.3 is 0 Å². The number of hydrogen-bond acceptors (Lipinski definition) is 2. The molecule has 0 spiro atoms. The van der Waals surface area contributed by atoms with Crippen LogP contribution in [0.2, 0.25) is 5.02 Å². The Morgan fingerprint density at radius 1 is 0.917 bits per heavy atom. The summed E-state index contributed by atoms with van der Waals surface area (Å²) in [5.41, 5.74) is 4.50. The summed E-state index contributed by atoms with van der Waals surface area (Å²) >= 11 is 6.16. The second-order valence-electron chi connectivity index (χ2n) is 5.75. The Morgan fingerprint density at radius 3 is 2.54 bits per heavy atom. The monoisotopic (exact) mass is 337 g/mol. The first-order chi connectivity index (χ1) is 11.7. The van der Waals surface area contributed by atoms with Gasteiger partial charge in [-0.05, 0) is 48.4 Å². The van der Waals surface area contributed by atoms with Crippen LogP contribution in [0.1, 0.15) is 16.7 Å². The van der Waals surface area contributed by atoms with E-state index in [9.17, 15) is 0 Å². The first kappa shape index (κ1) is 16.4. The Balaban J connectivity index is 1.70. The van der Waals surface area contributed by atoms with Gasteiger partial charge < -0.3 is 10.1 Å². The van der Waals surface area contributed by atoms with Gasteiger partial charge in [-0.2, -0.15) is 0 Å². The molecule has 3 rings (SSSR count). The van der Waals surface area contributed by atoms with E-state index in [0.29, 0.717) is 18.2 Å². The Labute approximate surface area is 148 Å². The number of ether oxygens (including phenoxy) is 1. The van der Waals surface area contributed by atoms with Crippen LogP contribution in [0, 0.1) is 6.92 Å². The molecule has 2 nitrogen and oxygen atoms in total. The maximum absolute atomic E-state index is 6.16. The van der Waals surface area contributed by atoms with Crippen molar-refractivity contribution in [3.63, 3.8) is 0 Å². The SMILES string of the molecule is Cc1cccc(NCc2cc(Cl)ccc2OCc2ccccc2)c1. The lowest BCUT2D eigenvalue weighted by atomic mass is 10.1. The molecule has 0 aliphatic heterocycles. The first-order valence-corrected chi connectivity index (χ1v) is 8.34. The van der Waals surface area contributed by atoms with Gasteiger partial charge in [-0.25, -0.2) is 0 Å². The largest absolute Gasteiger partial charge is 0.489 e. The number of hydrogen-bond donors (Lipinski definition) is 1. The summed E-state index contributed by atoms with van der Waals surface area (Å²) in [6.07, 6.45) is 0. The third-order valence-electron chi connectivity index (χ3n) is 3.76. The third-order valence-corrected chi connectivity index (χ3v) is 4.00. The van der Waals surface area contributed by atoms with Crippen LogP contribution in [-0.4, -0.2) is 0 Å². The molecule has 0 aromatic heterocycles. The van der Waals surface area contributed by atoms with Crippen molar-refractivity contribution in [2.75, 3.05) is 5.32 Å². The predicted molar refractivity (Wildman–Crippen MR) is 101 cm³/mol. The molecule has 0 fully saturated rings. The van der Waals surface area contributed by atoms with E-state index in [2.05, 4.69) is 42.6 Å². The fourth-order valence-corrected chi connectivity index (χ4v) is 2.71. The molecule has 0 aliphatic carbocycles. The smallest absolute Gasteiger partial charge is 0.124 e. The van der Waals surface area contributed by atoms with Crippen LogP contribution in [0.15, 0.2) is 72.8 Å². The van der Waals surface area contributed by atoms with E-state index in [1.165, 1.54) is 5.56 Å². The Hall–Kier alpha value is -2.45. The quantitative estimate of drug-likeness (QED) is 0.610. The van der Waals surface area contributed by atoms with Crippen LogP contribution < -0.4 is 10.1 Å². The van der Waals surface area contributed by atoms with Crippen molar-refractivity contribution in [2.24, 2.45) is 0 Å². The highest BCUT2D eigenvalue weighted by atomic mass is 35.5. The zero-order valence-electron chi connectivity index (χ0n) is 13.6. The van der Waals surface area contributed by atoms with Crippen LogP contribution in [0.5, 0.6) is 5.75 Å². The molecule has 0 aliphatic rings. The molecule has 0 atom stereocenters. The molecule has 0 amide bonds. The molecular weight excluding hydrogens is 318 g/mol. The molecule has 1 N–H and O–H groups in total. The van der Waals surface area contributed by atoms with Crippen molar-refractivity contribution in [2.45, 2.75) is 20.1 Å². The number of aryl methyl sites for hydroxylation is 1. The zero-order chi connectivity index (χ0) is 16.8. The van der Waals surface area contributed by atoms with Gasteiger partial charge in [0.25, 0.3) is 0 Å². The third kappa shape index (κ3) is 4.53. The standard InChI is InChI=1S/C21H20ClNO/c1-16-6-5-9-20(12-16)23-14-18-13-19(22)10-11-21(18)24-15-17-7-3-2-4-8-17/h2-13,23H,14-15H2,1H3. The topological polar surface area (TPSA) is 21.3 Å². The van der Waals surface area contributed by atoms with Gasteiger partial charge in [0.15, 0.2) is 0 Å². The second-order valence-corrected chi connectivity index (χ2v) is 6.19. The van der Waals surface area contributed by atoms with Gasteiger partial charge in [0.2, 0.25) is 0 Å². The van der Waals surface area contributed by atoms with Crippen LogP contribution in [-0.2, 0) is 13.2 Å². The molecule has 0 saturated heterocycles. The Bertz CT molecular complexity index is 802. The normalized spacial score (nSPS) is 10.4. The second kappa shape index (κ2) is 7.89. The maximum Gasteiger partial charge on any atom is 0.124 e. The summed E-state index contributed by atoms with van der Waals surface area (Å²) < 4.78 is 5.99. The number of halogens is 1. The van der Waals surface area contributed by atoms with E-state index in [4.69, 9.17) is 16.3 Å². The number of benzene rings is 3. The van der Waals surface area contributed by atoms with Crippen molar-refractivity contribution in [3.8, 4) is 5.75 Å². The number of anilines is 1. The van der Waals surface area contributed by atoms with E-state index in [1.807, 2.05) is 42.5 Å². The minimum absolute atomic E-state index is 0.542. The molecule has 0 heterocycles. The average molecular weight is 338 g/mol. The number of nitrogens with one attached hydrogen (secondary N) is 1. The molecule has 0 saturated carbocycles. The lowest BCUT2D eigenvalue weighted by Crippen LogP contribution is -2.04. The molecule has 0 unspecified atom stereocenters. The van der Waals surface area contributed by atoms with E-state index < -0.39 is 0 Å². The van der Waals surface area contributed by atoms with Crippen molar-refractivity contribution in [1.29, 1.82) is 0 Å². The summed E-state index contributed by atoms with van der Waals surface area (Å²) in [5, 5.41) is 4.14. The van der Waals surface area contributed by atoms with Gasteiger partial charge in [0.1, 0.15) is 12.4 Å². The molecule has 3 heteroatoms. The summed E-state index contributed by atoms with van der Waals surface area (Å²) in [6.45, 7) is 3.28. The van der Waals surface area contributed by atoms with E-state index >= 15 is 0 Å². The van der Waals surface area contributed by atoms with Gasteiger partial charge in [-0.15, -0.1) is 0 Å². The highest BCUT2D eigenvalue weighted by Gasteiger charge is 2.06. The van der Waals surface area contributed by atoms with Gasteiger partial charge in [-0.1, -0.05) is 54.1 Å². The highest BCUT2D eigenvalue weighted by molar-refractivity contribution is 6.30. The zero-order valence-corrected chi connectivity index (χ0v) is 14.4. The molecule has 122 valence electrons. The molecular formula is C21H20ClNO. The lowest BCUT2D eigenvalue weighted by molar-refractivity contribution is 0.303. The Morgan fingerprint density at radius 2 is 1.75 bits per heavy atom. The molecule has 3 aromatic carbocycles. The van der Waals surface area contributed by atoms with Crippen LogP contribution in [0.4, 0.5) is 5.69 Å². The van der Waals surface area contributed by atoms with Crippen LogP contribution in [0.25, 0.3) is 0 Å². The summed E-state index contributed by atoms with van der Waals surface area (Å²) in [7, 11) is 0. The van der Waals surface area contributed by atoms with E-state index in [0.717, 1.165) is 22.6 Å². The summed E-state index contributed by atoms with van der Waals surface area (Å²) in [4.78, 5) is 0. The highest BCUT2D eigenvalue weighted by Crippen LogP contribution is 2.25. The van der Waals surface area contributed by atoms with Gasteiger partial charge in [-0.3, -0.25) is 0 Å². The van der Waals surface area contributed by atoms with Crippen molar-refractivity contribution < 1.29 is 4.74 Å². The molecule has 3 aromatic rings. The minimum atomic E-state index is 0.542. The Kier molecular flexibility index (Phi) is 5.39. The average Bonchev–Trinajstić information content (AvgIpc) is 2.60. The van der Waals surface area contributed by atoms with Crippen LogP contribution >= 0.6 is 11.6 Å².